The van der Waals surface area contributed by atoms with Gasteiger partial charge in [0.05, 0.1) is 18.1 Å². The van der Waals surface area contributed by atoms with Gasteiger partial charge in [0.1, 0.15) is 11.3 Å². The van der Waals surface area contributed by atoms with Crippen LogP contribution in [0.1, 0.15) is 79.1 Å². The first-order valence-corrected chi connectivity index (χ1v) is 15.5. The molecule has 0 aromatic carbocycles. The van der Waals surface area contributed by atoms with Crippen LogP contribution in [0.15, 0.2) is 11.0 Å². The first-order valence-electron chi connectivity index (χ1n) is 14.6. The van der Waals surface area contributed by atoms with E-state index in [1.54, 1.807) is 4.90 Å². The van der Waals surface area contributed by atoms with Crippen LogP contribution in [0, 0.1) is 29.1 Å². The number of methoxy groups -OCH3 is 1. The lowest BCUT2D eigenvalue weighted by Gasteiger charge is -2.39. The molecule has 2 heterocycles. The molecule has 1 saturated heterocycles. The number of hydrogen-bond acceptors (Lipinski definition) is 6. The van der Waals surface area contributed by atoms with Gasteiger partial charge in [-0.2, -0.15) is 0 Å². The lowest BCUT2D eigenvalue weighted by molar-refractivity contribution is -0.150. The highest BCUT2D eigenvalue weighted by Gasteiger charge is 2.46. The second kappa shape index (κ2) is 14.1. The van der Waals surface area contributed by atoms with Crippen LogP contribution in [0.3, 0.4) is 0 Å². The molecule has 7 nitrogen and oxygen atoms in total. The molecule has 0 bridgehead atoms. The van der Waals surface area contributed by atoms with Crippen molar-refractivity contribution in [3.05, 3.63) is 11.0 Å². The summed E-state index contributed by atoms with van der Waals surface area (Å²) in [5, 5.41) is -0.638. The van der Waals surface area contributed by atoms with Crippen molar-refractivity contribution in [2.75, 3.05) is 40.8 Å². The largest absolute Gasteiger partial charge is 0.468 e. The van der Waals surface area contributed by atoms with Gasteiger partial charge < -0.3 is 19.4 Å². The number of amides is 2. The number of esters is 1. The van der Waals surface area contributed by atoms with Crippen molar-refractivity contribution in [2.45, 2.75) is 96.4 Å². The number of hydrogen-bond donors (Lipinski definition) is 0. The van der Waals surface area contributed by atoms with Gasteiger partial charge in [0.25, 0.3) is 0 Å². The number of carbonyl (C=O) groups is 3. The Morgan fingerprint density at radius 3 is 2.44 bits per heavy atom. The van der Waals surface area contributed by atoms with E-state index in [0.717, 1.165) is 50.0 Å². The second-order valence-corrected chi connectivity index (χ2v) is 14.0. The predicted molar refractivity (Wildman–Crippen MR) is 158 cm³/mol. The Balaban J connectivity index is 1.99. The van der Waals surface area contributed by atoms with Crippen LogP contribution >= 0.6 is 11.8 Å². The average Bonchev–Trinajstić information content (AvgIpc) is 3.21. The number of carbonyl (C=O) groups excluding carboxylic acids is 3. The van der Waals surface area contributed by atoms with Gasteiger partial charge in [-0.3, -0.25) is 14.4 Å². The maximum absolute atomic E-state index is 14.2. The Labute approximate surface area is 240 Å². The molecule has 218 valence electrons. The molecule has 3 aliphatic rings. The summed E-state index contributed by atoms with van der Waals surface area (Å²) in [5.74, 6) is 7.09. The zero-order valence-electron chi connectivity index (χ0n) is 25.1. The lowest BCUT2D eigenvalue weighted by Crippen LogP contribution is -2.57. The molecule has 39 heavy (non-hydrogen) atoms. The number of allylic oxidation sites excluding steroid dienone is 1. The summed E-state index contributed by atoms with van der Waals surface area (Å²) in [4.78, 5) is 47.8. The summed E-state index contributed by atoms with van der Waals surface area (Å²) >= 11 is 1.36. The van der Waals surface area contributed by atoms with Gasteiger partial charge in [0.15, 0.2) is 0 Å². The highest BCUT2D eigenvalue weighted by molar-refractivity contribution is 8.05. The van der Waals surface area contributed by atoms with E-state index in [1.165, 1.54) is 18.9 Å². The third-order valence-electron chi connectivity index (χ3n) is 7.99. The fourth-order valence-corrected chi connectivity index (χ4v) is 6.80. The van der Waals surface area contributed by atoms with E-state index in [-0.39, 0.29) is 23.2 Å². The Morgan fingerprint density at radius 2 is 1.82 bits per heavy atom. The molecule has 2 aliphatic heterocycles. The first kappa shape index (κ1) is 31.5. The van der Waals surface area contributed by atoms with Gasteiger partial charge in [-0.25, -0.2) is 0 Å². The van der Waals surface area contributed by atoms with Gasteiger partial charge in [0.2, 0.25) is 11.8 Å². The van der Waals surface area contributed by atoms with Crippen LogP contribution in [0.5, 0.6) is 0 Å². The van der Waals surface area contributed by atoms with Crippen LogP contribution in [-0.4, -0.2) is 90.7 Å². The van der Waals surface area contributed by atoms with Crippen molar-refractivity contribution in [1.29, 1.82) is 0 Å². The minimum atomic E-state index is -0.638. The SMILES string of the molecule is COC(=O)C1SC(C#CC(C)(C)C)=CC1N(C(=O)CC1CCC(C)CC1)C1CCCCN(CCN(C)C)C1=O. The van der Waals surface area contributed by atoms with Crippen molar-refractivity contribution in [1.82, 2.24) is 14.7 Å². The molecule has 0 spiro atoms. The quantitative estimate of drug-likeness (QED) is 0.321. The zero-order valence-corrected chi connectivity index (χ0v) is 25.9. The van der Waals surface area contributed by atoms with Crippen LogP contribution < -0.4 is 0 Å². The number of likely N-dealkylation sites (tertiary alicyclic amines) is 1. The topological polar surface area (TPSA) is 70.2 Å². The molecular weight excluding hydrogens is 510 g/mol. The molecular formula is C31H49N3O4S. The second-order valence-electron chi connectivity index (χ2n) is 12.9. The van der Waals surface area contributed by atoms with Crippen LogP contribution in [0.4, 0.5) is 0 Å². The summed E-state index contributed by atoms with van der Waals surface area (Å²) in [6, 6.07) is -1.15. The van der Waals surface area contributed by atoms with E-state index < -0.39 is 17.3 Å². The van der Waals surface area contributed by atoms with Crippen molar-refractivity contribution in [2.24, 2.45) is 17.3 Å². The highest BCUT2D eigenvalue weighted by atomic mass is 32.2. The number of ether oxygens (including phenoxy) is 1. The van der Waals surface area contributed by atoms with Gasteiger partial charge in [-0.15, -0.1) is 0 Å². The summed E-state index contributed by atoms with van der Waals surface area (Å²) in [6.07, 6.45) is 9.08. The fraction of sp³-hybridized carbons (Fsp3) is 0.774. The Hall–Kier alpha value is -1.98. The molecule has 0 aromatic rings. The molecule has 3 unspecified atom stereocenters. The van der Waals surface area contributed by atoms with Crippen LogP contribution in [0.25, 0.3) is 0 Å². The van der Waals surface area contributed by atoms with Gasteiger partial charge in [0, 0.05) is 31.5 Å². The monoisotopic (exact) mass is 559 g/mol. The van der Waals surface area contributed by atoms with Crippen LogP contribution in [0.2, 0.25) is 0 Å². The van der Waals surface area contributed by atoms with Gasteiger partial charge >= 0.3 is 5.97 Å². The van der Waals surface area contributed by atoms with Crippen molar-refractivity contribution < 1.29 is 19.1 Å². The Kier molecular flexibility index (Phi) is 11.4. The maximum atomic E-state index is 14.2. The smallest absolute Gasteiger partial charge is 0.321 e. The van der Waals surface area contributed by atoms with E-state index in [2.05, 4.69) is 23.7 Å². The molecule has 2 fully saturated rings. The number of likely N-dealkylation sites (N-methyl/N-ethyl adjacent to an activating group) is 1. The first-order chi connectivity index (χ1) is 18.4. The highest BCUT2D eigenvalue weighted by Crippen LogP contribution is 2.39. The molecule has 0 aromatic heterocycles. The van der Waals surface area contributed by atoms with Gasteiger partial charge in [-0.05, 0) is 84.9 Å². The normalized spacial score (nSPS) is 27.9. The van der Waals surface area contributed by atoms with Crippen molar-refractivity contribution in [3.8, 4) is 11.8 Å². The summed E-state index contributed by atoms with van der Waals surface area (Å²) in [6.45, 7) is 10.5. The standard InChI is InChI=1S/C31H49N3O4S/c1-22-11-13-23(14-12-22)20-27(35)34(25-10-8-9-17-33(29(25)36)19-18-32(5)6)26-21-24(15-16-31(2,3)4)39-28(26)30(37)38-7/h21-23,25-26,28H,8-14,17-20H2,1-7H3. The van der Waals surface area contributed by atoms with Gasteiger partial charge in [-0.1, -0.05) is 43.4 Å². The van der Waals surface area contributed by atoms with E-state index in [4.69, 9.17) is 4.74 Å². The lowest BCUT2D eigenvalue weighted by atomic mass is 9.81. The fourth-order valence-electron chi connectivity index (χ4n) is 5.66. The molecule has 0 N–H and O–H groups in total. The molecule has 1 aliphatic carbocycles. The Morgan fingerprint density at radius 1 is 1.13 bits per heavy atom. The predicted octanol–water partition coefficient (Wildman–Crippen LogP) is 4.56. The number of rotatable bonds is 8. The van der Waals surface area contributed by atoms with E-state index in [1.807, 2.05) is 45.8 Å². The summed E-state index contributed by atoms with van der Waals surface area (Å²) in [5.41, 5.74) is -0.196. The zero-order chi connectivity index (χ0) is 28.7. The maximum Gasteiger partial charge on any atom is 0.321 e. The molecule has 1 saturated carbocycles. The van der Waals surface area contributed by atoms with Crippen molar-refractivity contribution in [3.63, 3.8) is 0 Å². The molecule has 3 atom stereocenters. The summed E-state index contributed by atoms with van der Waals surface area (Å²) in [7, 11) is 5.39. The number of thioether (sulfide) groups is 1. The minimum Gasteiger partial charge on any atom is -0.468 e. The Bertz CT molecular complexity index is 969. The summed E-state index contributed by atoms with van der Waals surface area (Å²) < 4.78 is 5.19. The van der Waals surface area contributed by atoms with Crippen molar-refractivity contribution >= 4 is 29.5 Å². The third kappa shape index (κ3) is 9.01. The molecule has 8 heteroatoms. The average molecular weight is 560 g/mol. The third-order valence-corrected chi connectivity index (χ3v) is 9.21. The molecule has 3 rings (SSSR count). The van der Waals surface area contributed by atoms with E-state index in [0.29, 0.717) is 37.8 Å². The minimum absolute atomic E-state index is 0.00351. The number of nitrogens with zero attached hydrogens (tertiary/aromatic N) is 3. The van der Waals surface area contributed by atoms with E-state index >= 15 is 0 Å². The molecule has 0 radical (unpaired) electrons. The molecule has 2 amide bonds. The van der Waals surface area contributed by atoms with Crippen LogP contribution in [-0.2, 0) is 19.1 Å². The van der Waals surface area contributed by atoms with E-state index in [9.17, 15) is 14.4 Å².